The molecule has 35 heavy (non-hydrogen) atoms. The highest BCUT2D eigenvalue weighted by molar-refractivity contribution is 6.46. The lowest BCUT2D eigenvalue weighted by molar-refractivity contribution is -0.140. The second kappa shape index (κ2) is 10.2. The zero-order chi connectivity index (χ0) is 25.1. The SMILES string of the molecule is COc1cccc(C2/C(=C(/O)c3ccc(Cl)cc3)C(=O)C(=O)N2Cc2cccc(OC(C)C)c2)c1. The molecule has 1 saturated heterocycles. The zero-order valence-electron chi connectivity index (χ0n) is 19.7. The number of nitrogens with zero attached hydrogens (tertiary/aromatic N) is 1. The van der Waals surface area contributed by atoms with E-state index in [0.717, 1.165) is 5.56 Å². The van der Waals surface area contributed by atoms with Gasteiger partial charge in [-0.15, -0.1) is 0 Å². The summed E-state index contributed by atoms with van der Waals surface area (Å²) in [6, 6.07) is 20.2. The minimum Gasteiger partial charge on any atom is -0.507 e. The number of aliphatic hydroxyl groups is 1. The van der Waals surface area contributed by atoms with Gasteiger partial charge in [-0.05, 0) is 73.5 Å². The van der Waals surface area contributed by atoms with Crippen LogP contribution in [0.5, 0.6) is 11.5 Å². The molecule has 1 amide bonds. The van der Waals surface area contributed by atoms with E-state index in [9.17, 15) is 14.7 Å². The number of ketones is 1. The Balaban J connectivity index is 1.82. The Kier molecular flexibility index (Phi) is 7.12. The molecule has 0 radical (unpaired) electrons. The Labute approximate surface area is 209 Å². The summed E-state index contributed by atoms with van der Waals surface area (Å²) in [5.41, 5.74) is 1.85. The standard InChI is InChI=1S/C28H26ClNO5/c1-17(2)35-23-9-4-6-18(14-23)16-30-25(20-7-5-8-22(15-20)34-3)24(27(32)28(30)33)26(31)19-10-12-21(29)13-11-19/h4-15,17,25,31H,16H2,1-3H3/b26-24-. The number of carbonyl (C=O) groups is 2. The highest BCUT2D eigenvalue weighted by atomic mass is 35.5. The number of likely N-dealkylation sites (tertiary alicyclic amines) is 1. The third-order valence-electron chi connectivity index (χ3n) is 5.69. The van der Waals surface area contributed by atoms with E-state index in [0.29, 0.717) is 27.6 Å². The van der Waals surface area contributed by atoms with Crippen molar-refractivity contribution in [3.63, 3.8) is 0 Å². The van der Waals surface area contributed by atoms with Gasteiger partial charge in [-0.2, -0.15) is 0 Å². The fraction of sp³-hybridized carbons (Fsp3) is 0.214. The Hall–Kier alpha value is -3.77. The first kappa shape index (κ1) is 24.4. The van der Waals surface area contributed by atoms with Crippen LogP contribution >= 0.6 is 11.6 Å². The molecule has 0 aromatic heterocycles. The molecule has 0 aliphatic carbocycles. The normalized spacial score (nSPS) is 17.2. The highest BCUT2D eigenvalue weighted by Crippen LogP contribution is 2.41. The quantitative estimate of drug-likeness (QED) is 0.258. The van der Waals surface area contributed by atoms with Crippen LogP contribution in [0, 0.1) is 0 Å². The van der Waals surface area contributed by atoms with Gasteiger partial charge in [-0.1, -0.05) is 35.9 Å². The highest BCUT2D eigenvalue weighted by Gasteiger charge is 2.46. The van der Waals surface area contributed by atoms with Crippen LogP contribution in [0.4, 0.5) is 0 Å². The topological polar surface area (TPSA) is 76.1 Å². The van der Waals surface area contributed by atoms with Gasteiger partial charge in [0, 0.05) is 17.1 Å². The third-order valence-corrected chi connectivity index (χ3v) is 5.94. The lowest BCUT2D eigenvalue weighted by Crippen LogP contribution is -2.29. The van der Waals surface area contributed by atoms with Crippen molar-refractivity contribution < 1.29 is 24.2 Å². The summed E-state index contributed by atoms with van der Waals surface area (Å²) in [5, 5.41) is 11.7. The Bertz CT molecular complexity index is 1280. The average Bonchev–Trinajstić information content (AvgIpc) is 3.09. The maximum Gasteiger partial charge on any atom is 0.295 e. The third kappa shape index (κ3) is 5.17. The van der Waals surface area contributed by atoms with Gasteiger partial charge < -0.3 is 19.5 Å². The summed E-state index contributed by atoms with van der Waals surface area (Å²) in [6.07, 6.45) is -0.00404. The maximum atomic E-state index is 13.3. The smallest absolute Gasteiger partial charge is 0.295 e. The van der Waals surface area contributed by atoms with Gasteiger partial charge >= 0.3 is 0 Å². The van der Waals surface area contributed by atoms with Crippen LogP contribution < -0.4 is 9.47 Å². The summed E-state index contributed by atoms with van der Waals surface area (Å²) in [7, 11) is 1.55. The van der Waals surface area contributed by atoms with Gasteiger partial charge in [-0.3, -0.25) is 9.59 Å². The molecule has 4 rings (SSSR count). The summed E-state index contributed by atoms with van der Waals surface area (Å²) >= 11 is 5.99. The number of aliphatic hydroxyl groups excluding tert-OH is 1. The van der Waals surface area contributed by atoms with Crippen molar-refractivity contribution in [1.82, 2.24) is 4.90 Å². The first-order valence-corrected chi connectivity index (χ1v) is 11.6. The molecular weight excluding hydrogens is 466 g/mol. The van der Waals surface area contributed by atoms with Crippen LogP contribution in [0.2, 0.25) is 5.02 Å². The van der Waals surface area contributed by atoms with E-state index in [-0.39, 0.29) is 24.0 Å². The molecule has 0 spiro atoms. The Morgan fingerprint density at radius 3 is 2.37 bits per heavy atom. The summed E-state index contributed by atoms with van der Waals surface area (Å²) < 4.78 is 11.2. The largest absolute Gasteiger partial charge is 0.507 e. The van der Waals surface area contributed by atoms with Gasteiger partial charge in [0.25, 0.3) is 11.7 Å². The van der Waals surface area contributed by atoms with Crippen LogP contribution in [-0.2, 0) is 16.1 Å². The number of hydrogen-bond acceptors (Lipinski definition) is 5. The summed E-state index contributed by atoms with van der Waals surface area (Å²) in [6.45, 7) is 4.02. The molecule has 1 N–H and O–H groups in total. The fourth-order valence-electron chi connectivity index (χ4n) is 4.15. The van der Waals surface area contributed by atoms with Crippen LogP contribution in [0.1, 0.15) is 36.6 Å². The number of amides is 1. The number of carbonyl (C=O) groups excluding carboxylic acids is 2. The maximum absolute atomic E-state index is 13.3. The first-order valence-electron chi connectivity index (χ1n) is 11.2. The molecule has 0 bridgehead atoms. The molecule has 1 atom stereocenters. The van der Waals surface area contributed by atoms with Crippen molar-refractivity contribution in [2.75, 3.05) is 7.11 Å². The average molecular weight is 492 g/mol. The molecule has 0 saturated carbocycles. The number of halogens is 1. The van der Waals surface area contributed by atoms with Crippen molar-refractivity contribution in [2.45, 2.75) is 32.5 Å². The van der Waals surface area contributed by atoms with Gasteiger partial charge in [0.1, 0.15) is 17.3 Å². The van der Waals surface area contributed by atoms with Crippen LogP contribution in [0.15, 0.2) is 78.4 Å². The Morgan fingerprint density at radius 1 is 1.00 bits per heavy atom. The van der Waals surface area contributed by atoms with E-state index < -0.39 is 17.7 Å². The van der Waals surface area contributed by atoms with E-state index in [4.69, 9.17) is 21.1 Å². The second-order valence-corrected chi connectivity index (χ2v) is 8.96. The van der Waals surface area contributed by atoms with Crippen LogP contribution in [-0.4, -0.2) is 34.9 Å². The van der Waals surface area contributed by atoms with Crippen molar-refractivity contribution in [3.05, 3.63) is 100 Å². The fourth-order valence-corrected chi connectivity index (χ4v) is 4.28. The number of hydrogen-bond donors (Lipinski definition) is 1. The molecule has 1 fully saturated rings. The molecule has 3 aromatic rings. The van der Waals surface area contributed by atoms with Crippen molar-refractivity contribution in [3.8, 4) is 11.5 Å². The molecule has 6 nitrogen and oxygen atoms in total. The number of ether oxygens (including phenoxy) is 2. The van der Waals surface area contributed by atoms with Crippen LogP contribution in [0.25, 0.3) is 5.76 Å². The molecule has 1 aliphatic rings. The number of methoxy groups -OCH3 is 1. The molecular formula is C28H26ClNO5. The molecule has 7 heteroatoms. The van der Waals surface area contributed by atoms with Gasteiger partial charge in [0.2, 0.25) is 0 Å². The van der Waals surface area contributed by atoms with E-state index in [1.807, 2.05) is 38.1 Å². The van der Waals surface area contributed by atoms with Gasteiger partial charge in [0.05, 0.1) is 24.8 Å². The van der Waals surface area contributed by atoms with E-state index in [1.165, 1.54) is 4.90 Å². The monoisotopic (exact) mass is 491 g/mol. The van der Waals surface area contributed by atoms with E-state index >= 15 is 0 Å². The first-order chi connectivity index (χ1) is 16.8. The zero-order valence-corrected chi connectivity index (χ0v) is 20.5. The second-order valence-electron chi connectivity index (χ2n) is 8.52. The van der Waals surface area contributed by atoms with E-state index in [2.05, 4.69) is 0 Å². The Morgan fingerprint density at radius 2 is 1.69 bits per heavy atom. The molecule has 1 heterocycles. The van der Waals surface area contributed by atoms with Crippen molar-refractivity contribution in [1.29, 1.82) is 0 Å². The summed E-state index contributed by atoms with van der Waals surface area (Å²) in [5.74, 6) is -0.448. The minimum absolute atomic E-state index is 0.00404. The molecule has 1 unspecified atom stereocenters. The number of benzene rings is 3. The van der Waals surface area contributed by atoms with Crippen molar-refractivity contribution >= 4 is 29.1 Å². The number of rotatable bonds is 7. The molecule has 180 valence electrons. The van der Waals surface area contributed by atoms with Crippen molar-refractivity contribution in [2.24, 2.45) is 0 Å². The van der Waals surface area contributed by atoms with Gasteiger partial charge in [-0.25, -0.2) is 0 Å². The lowest BCUT2D eigenvalue weighted by Gasteiger charge is -2.26. The minimum atomic E-state index is -0.810. The predicted octanol–water partition coefficient (Wildman–Crippen LogP) is 5.76. The summed E-state index contributed by atoms with van der Waals surface area (Å²) in [4.78, 5) is 28.0. The predicted molar refractivity (Wildman–Crippen MR) is 134 cm³/mol. The van der Waals surface area contributed by atoms with Crippen LogP contribution in [0.3, 0.4) is 0 Å². The molecule has 3 aromatic carbocycles. The van der Waals surface area contributed by atoms with E-state index in [1.54, 1.807) is 55.6 Å². The molecule has 1 aliphatic heterocycles. The van der Waals surface area contributed by atoms with Gasteiger partial charge in [0.15, 0.2) is 0 Å². The lowest BCUT2D eigenvalue weighted by atomic mass is 9.95. The number of Topliss-reactive ketones (excluding diaryl/α,β-unsaturated/α-hetero) is 1.